The molecule has 1 aromatic rings. The number of carbonyl (C=O) groups excluding carboxylic acids is 1. The van der Waals surface area contributed by atoms with Gasteiger partial charge in [0.25, 0.3) is 0 Å². The lowest BCUT2D eigenvalue weighted by Gasteiger charge is -2.18. The van der Waals surface area contributed by atoms with Crippen molar-refractivity contribution < 1.29 is 9.53 Å². The summed E-state index contributed by atoms with van der Waals surface area (Å²) in [6.07, 6.45) is 2.83. The van der Waals surface area contributed by atoms with Crippen LogP contribution in [0.3, 0.4) is 0 Å². The average Bonchev–Trinajstić information content (AvgIpc) is 2.64. The molecule has 0 spiro atoms. The normalized spacial score (nSPS) is 17.7. The Bertz CT molecular complexity index is 369. The molecule has 94 valence electrons. The lowest BCUT2D eigenvalue weighted by atomic mass is 10.2. The minimum atomic E-state index is -0.356. The minimum Gasteiger partial charge on any atom is -0.464 e. The predicted octanol–water partition coefficient (Wildman–Crippen LogP) is -0.00840. The van der Waals surface area contributed by atoms with E-state index in [2.05, 4.69) is 20.4 Å². The molecule has 1 aliphatic heterocycles. The van der Waals surface area contributed by atoms with Gasteiger partial charge in [0, 0.05) is 25.2 Å². The molecule has 2 rings (SSSR count). The second-order valence-corrected chi connectivity index (χ2v) is 4.14. The van der Waals surface area contributed by atoms with E-state index in [0.29, 0.717) is 5.69 Å². The highest BCUT2D eigenvalue weighted by molar-refractivity contribution is 5.88. The summed E-state index contributed by atoms with van der Waals surface area (Å²) < 4.78 is 4.71. The second kappa shape index (κ2) is 5.79. The Morgan fingerprint density at radius 3 is 3.24 bits per heavy atom. The number of aromatic amines is 1. The minimum absolute atomic E-state index is 0.356. The summed E-state index contributed by atoms with van der Waals surface area (Å²) in [4.78, 5) is 13.8. The number of nitrogens with one attached hydrogen (secondary N) is 2. The maximum Gasteiger partial charge on any atom is 0.356 e. The molecule has 0 amide bonds. The van der Waals surface area contributed by atoms with Gasteiger partial charge < -0.3 is 10.1 Å². The first-order valence-electron chi connectivity index (χ1n) is 5.85. The number of esters is 1. The summed E-state index contributed by atoms with van der Waals surface area (Å²) in [7, 11) is 1.38. The van der Waals surface area contributed by atoms with Crippen molar-refractivity contribution in [1.29, 1.82) is 0 Å². The van der Waals surface area contributed by atoms with E-state index in [4.69, 9.17) is 4.74 Å². The molecule has 0 aliphatic carbocycles. The molecule has 0 saturated carbocycles. The molecule has 2 heterocycles. The molecule has 0 atom stereocenters. The van der Waals surface area contributed by atoms with Crippen LogP contribution in [0.2, 0.25) is 0 Å². The fourth-order valence-corrected chi connectivity index (χ4v) is 2.01. The van der Waals surface area contributed by atoms with Crippen molar-refractivity contribution in [1.82, 2.24) is 20.4 Å². The van der Waals surface area contributed by atoms with E-state index in [1.54, 1.807) is 6.20 Å². The van der Waals surface area contributed by atoms with Gasteiger partial charge in [-0.2, -0.15) is 5.10 Å². The number of aromatic nitrogens is 2. The second-order valence-electron chi connectivity index (χ2n) is 4.14. The summed E-state index contributed by atoms with van der Waals surface area (Å²) in [6.45, 7) is 4.82. The fraction of sp³-hybridized carbons (Fsp3) is 0.636. The Morgan fingerprint density at radius 1 is 1.53 bits per heavy atom. The maximum absolute atomic E-state index is 11.5. The Hall–Kier alpha value is -1.40. The molecule has 1 aromatic heterocycles. The molecule has 0 bridgehead atoms. The van der Waals surface area contributed by atoms with Crippen molar-refractivity contribution in [3.8, 4) is 0 Å². The zero-order valence-corrected chi connectivity index (χ0v) is 10.0. The van der Waals surface area contributed by atoms with Crippen LogP contribution in [0.4, 0.5) is 0 Å². The standard InChI is InChI=1S/C11H18N4O2/c1-17-11(16)10-9(7-13-14-10)8-15-5-2-3-12-4-6-15/h7,12H,2-6,8H2,1H3,(H,13,14). The van der Waals surface area contributed by atoms with E-state index in [1.165, 1.54) is 7.11 Å². The van der Waals surface area contributed by atoms with Crippen LogP contribution in [0.1, 0.15) is 22.5 Å². The van der Waals surface area contributed by atoms with E-state index in [1.807, 2.05) is 0 Å². The third-order valence-electron chi connectivity index (χ3n) is 2.93. The highest BCUT2D eigenvalue weighted by Crippen LogP contribution is 2.10. The van der Waals surface area contributed by atoms with E-state index < -0.39 is 0 Å². The number of H-pyrrole nitrogens is 1. The number of ether oxygens (including phenoxy) is 1. The summed E-state index contributed by atoms with van der Waals surface area (Å²) in [5, 5.41) is 9.96. The Balaban J connectivity index is 2.02. The molecule has 0 aromatic carbocycles. The van der Waals surface area contributed by atoms with Gasteiger partial charge in [0.1, 0.15) is 5.69 Å². The average molecular weight is 238 g/mol. The summed E-state index contributed by atoms with van der Waals surface area (Å²) >= 11 is 0. The smallest absolute Gasteiger partial charge is 0.356 e. The number of hydrogen-bond acceptors (Lipinski definition) is 5. The van der Waals surface area contributed by atoms with Gasteiger partial charge in [-0.3, -0.25) is 10.00 Å². The zero-order chi connectivity index (χ0) is 12.1. The Labute approximate surface area is 100 Å². The predicted molar refractivity (Wildman–Crippen MR) is 62.7 cm³/mol. The van der Waals surface area contributed by atoms with Gasteiger partial charge >= 0.3 is 5.97 Å². The van der Waals surface area contributed by atoms with Crippen molar-refractivity contribution in [2.45, 2.75) is 13.0 Å². The Morgan fingerprint density at radius 2 is 2.41 bits per heavy atom. The molecule has 6 nitrogen and oxygen atoms in total. The van der Waals surface area contributed by atoms with E-state index in [-0.39, 0.29) is 5.97 Å². The molecule has 0 radical (unpaired) electrons. The van der Waals surface area contributed by atoms with Gasteiger partial charge in [-0.15, -0.1) is 0 Å². The van der Waals surface area contributed by atoms with Crippen LogP contribution in [0.5, 0.6) is 0 Å². The summed E-state index contributed by atoms with van der Waals surface area (Å²) in [6, 6.07) is 0. The van der Waals surface area contributed by atoms with Gasteiger partial charge in [0.2, 0.25) is 0 Å². The lowest BCUT2D eigenvalue weighted by molar-refractivity contribution is 0.0591. The third kappa shape index (κ3) is 3.04. The van der Waals surface area contributed by atoms with Crippen molar-refractivity contribution in [3.05, 3.63) is 17.5 Å². The van der Waals surface area contributed by atoms with E-state index >= 15 is 0 Å². The van der Waals surface area contributed by atoms with Gasteiger partial charge in [-0.05, 0) is 19.5 Å². The van der Waals surface area contributed by atoms with Gasteiger partial charge in [-0.1, -0.05) is 0 Å². The molecule has 0 unspecified atom stereocenters. The van der Waals surface area contributed by atoms with Crippen LogP contribution in [0, 0.1) is 0 Å². The number of hydrogen-bond donors (Lipinski definition) is 2. The summed E-state index contributed by atoms with van der Waals surface area (Å²) in [5.74, 6) is -0.356. The van der Waals surface area contributed by atoms with E-state index in [0.717, 1.165) is 44.7 Å². The van der Waals surface area contributed by atoms with Crippen LogP contribution >= 0.6 is 0 Å². The monoisotopic (exact) mass is 238 g/mol. The maximum atomic E-state index is 11.5. The molecule has 1 saturated heterocycles. The first-order chi connectivity index (χ1) is 8.31. The number of methoxy groups -OCH3 is 1. The first-order valence-corrected chi connectivity index (χ1v) is 5.85. The van der Waals surface area contributed by atoms with Gasteiger partial charge in [0.05, 0.1) is 13.3 Å². The zero-order valence-electron chi connectivity index (χ0n) is 10.0. The van der Waals surface area contributed by atoms with Gasteiger partial charge in [0.15, 0.2) is 0 Å². The fourth-order valence-electron chi connectivity index (χ4n) is 2.01. The SMILES string of the molecule is COC(=O)c1[nH]ncc1CN1CCCNCC1. The molecule has 6 heteroatoms. The first kappa shape index (κ1) is 12.1. The van der Waals surface area contributed by atoms with Crippen LogP contribution in [0.25, 0.3) is 0 Å². The lowest BCUT2D eigenvalue weighted by Crippen LogP contribution is -2.28. The van der Waals surface area contributed by atoms with Crippen LogP contribution in [-0.4, -0.2) is 54.4 Å². The van der Waals surface area contributed by atoms with E-state index in [9.17, 15) is 4.79 Å². The molecule has 17 heavy (non-hydrogen) atoms. The molecule has 1 aliphatic rings. The molecular weight excluding hydrogens is 220 g/mol. The quantitative estimate of drug-likeness (QED) is 0.725. The van der Waals surface area contributed by atoms with Crippen LogP contribution in [0.15, 0.2) is 6.20 Å². The van der Waals surface area contributed by atoms with Gasteiger partial charge in [-0.25, -0.2) is 4.79 Å². The largest absolute Gasteiger partial charge is 0.464 e. The van der Waals surface area contributed by atoms with Crippen molar-refractivity contribution in [2.24, 2.45) is 0 Å². The number of carbonyl (C=O) groups is 1. The van der Waals surface area contributed by atoms with Crippen molar-refractivity contribution >= 4 is 5.97 Å². The van der Waals surface area contributed by atoms with Crippen molar-refractivity contribution in [2.75, 3.05) is 33.3 Å². The third-order valence-corrected chi connectivity index (χ3v) is 2.93. The molecule has 1 fully saturated rings. The van der Waals surface area contributed by atoms with Crippen LogP contribution in [-0.2, 0) is 11.3 Å². The molecule has 2 N–H and O–H groups in total. The summed E-state index contributed by atoms with van der Waals surface area (Å²) in [5.41, 5.74) is 1.36. The Kier molecular flexibility index (Phi) is 4.11. The topological polar surface area (TPSA) is 70.2 Å². The van der Waals surface area contributed by atoms with Crippen LogP contribution < -0.4 is 5.32 Å². The highest BCUT2D eigenvalue weighted by atomic mass is 16.5. The van der Waals surface area contributed by atoms with Crippen molar-refractivity contribution in [3.63, 3.8) is 0 Å². The number of rotatable bonds is 3. The molecular formula is C11H18N4O2. The highest BCUT2D eigenvalue weighted by Gasteiger charge is 2.17. The number of nitrogens with zero attached hydrogens (tertiary/aromatic N) is 2.